The normalized spacial score (nSPS) is 11.6. The van der Waals surface area contributed by atoms with Crippen molar-refractivity contribution in [1.29, 1.82) is 0 Å². The van der Waals surface area contributed by atoms with Gasteiger partial charge in [-0.15, -0.1) is 0 Å². The van der Waals surface area contributed by atoms with E-state index in [1.165, 1.54) is 11.1 Å². The Hall–Kier alpha value is -2.27. The minimum Gasteiger partial charge on any atom is -0.497 e. The fourth-order valence-corrected chi connectivity index (χ4v) is 4.32. The summed E-state index contributed by atoms with van der Waals surface area (Å²) in [5.74, 6) is 0.834. The van der Waals surface area contributed by atoms with Gasteiger partial charge in [0.1, 0.15) is 5.75 Å². The second-order valence-corrected chi connectivity index (χ2v) is 8.40. The molecule has 6 heteroatoms. The molecular weight excluding hydrogens is 421 g/mol. The highest BCUT2D eigenvalue weighted by molar-refractivity contribution is 7.39. The minimum absolute atomic E-state index is 0.385. The number of methoxy groups -OCH3 is 1. The molecule has 3 aromatic rings. The van der Waals surface area contributed by atoms with E-state index in [9.17, 15) is 0 Å². The Bertz CT molecular complexity index is 865. The van der Waals surface area contributed by atoms with E-state index in [0.29, 0.717) is 6.61 Å². The van der Waals surface area contributed by atoms with Crippen molar-refractivity contribution in [3.05, 3.63) is 102 Å². The van der Waals surface area contributed by atoms with E-state index in [1.807, 2.05) is 24.3 Å². The molecule has 0 bridgehead atoms. The molecule has 0 aliphatic rings. The van der Waals surface area contributed by atoms with Gasteiger partial charge in [0, 0.05) is 0 Å². The summed E-state index contributed by atoms with van der Waals surface area (Å²) in [5.41, 5.74) is 3.04. The van der Waals surface area contributed by atoms with Gasteiger partial charge in [0.15, 0.2) is 0 Å². The van der Waals surface area contributed by atoms with Gasteiger partial charge in [-0.25, -0.2) is 0 Å². The first-order chi connectivity index (χ1) is 15.7. The Morgan fingerprint density at radius 2 is 1.25 bits per heavy atom. The topological polar surface area (TPSA) is 71.0 Å². The van der Waals surface area contributed by atoms with Gasteiger partial charge in [-0.3, -0.25) is 5.32 Å². The molecule has 0 saturated carbocycles. The molecule has 0 unspecified atom stereocenters. The summed E-state index contributed by atoms with van der Waals surface area (Å²) in [5, 5.41) is 3.88. The van der Waals surface area contributed by atoms with Crippen LogP contribution >= 0.6 is 8.60 Å². The Labute approximate surface area is 192 Å². The van der Waals surface area contributed by atoms with E-state index in [2.05, 4.69) is 66.0 Å². The molecule has 3 aromatic carbocycles. The van der Waals surface area contributed by atoms with Crippen molar-refractivity contribution in [2.75, 3.05) is 20.3 Å². The third kappa shape index (κ3) is 6.38. The SMILES string of the molecule is COc1ccc(C(NCCCCCCOP(O)O)(c2ccccc2)c2ccccc2)cc1. The van der Waals surface area contributed by atoms with E-state index in [4.69, 9.17) is 19.0 Å². The number of ether oxygens (including phenoxy) is 1. The highest BCUT2D eigenvalue weighted by Gasteiger charge is 2.35. The fraction of sp³-hybridized carbons (Fsp3) is 0.308. The van der Waals surface area contributed by atoms with Gasteiger partial charge in [0.2, 0.25) is 0 Å². The van der Waals surface area contributed by atoms with Crippen LogP contribution < -0.4 is 10.1 Å². The van der Waals surface area contributed by atoms with Crippen LogP contribution in [0.5, 0.6) is 5.75 Å². The van der Waals surface area contributed by atoms with Crippen LogP contribution in [0.3, 0.4) is 0 Å². The molecule has 0 aliphatic carbocycles. The summed E-state index contributed by atoms with van der Waals surface area (Å²) in [6.45, 7) is 1.22. The zero-order valence-electron chi connectivity index (χ0n) is 18.5. The predicted octanol–water partition coefficient (Wildman–Crippen LogP) is 5.37. The van der Waals surface area contributed by atoms with Gasteiger partial charge in [0.25, 0.3) is 0 Å². The van der Waals surface area contributed by atoms with Crippen LogP contribution in [0.25, 0.3) is 0 Å². The Morgan fingerprint density at radius 3 is 1.78 bits per heavy atom. The van der Waals surface area contributed by atoms with Crippen LogP contribution in [0.2, 0.25) is 0 Å². The first-order valence-corrected chi connectivity index (χ1v) is 12.1. The molecule has 170 valence electrons. The van der Waals surface area contributed by atoms with E-state index in [0.717, 1.165) is 43.5 Å². The smallest absolute Gasteiger partial charge is 0.327 e. The first-order valence-electron chi connectivity index (χ1n) is 11.0. The summed E-state index contributed by atoms with van der Waals surface area (Å²) in [6, 6.07) is 29.4. The molecule has 0 heterocycles. The van der Waals surface area contributed by atoms with Crippen molar-refractivity contribution in [2.45, 2.75) is 31.2 Å². The lowest BCUT2D eigenvalue weighted by atomic mass is 9.77. The number of nitrogens with one attached hydrogen (secondary N) is 1. The van der Waals surface area contributed by atoms with Crippen molar-refractivity contribution in [3.63, 3.8) is 0 Å². The van der Waals surface area contributed by atoms with Crippen LogP contribution in [0.15, 0.2) is 84.9 Å². The van der Waals surface area contributed by atoms with Crippen LogP contribution in [0, 0.1) is 0 Å². The highest BCUT2D eigenvalue weighted by atomic mass is 31.2. The third-order valence-corrected chi connectivity index (χ3v) is 6.02. The van der Waals surface area contributed by atoms with Crippen molar-refractivity contribution >= 4 is 8.60 Å². The lowest BCUT2D eigenvalue weighted by Crippen LogP contribution is -2.45. The van der Waals surface area contributed by atoms with E-state index >= 15 is 0 Å². The first kappa shape index (κ1) is 24.4. The molecule has 0 spiro atoms. The van der Waals surface area contributed by atoms with Crippen molar-refractivity contribution < 1.29 is 19.0 Å². The molecule has 5 nitrogen and oxygen atoms in total. The third-order valence-electron chi connectivity index (χ3n) is 5.60. The van der Waals surface area contributed by atoms with Gasteiger partial charge in [-0.2, -0.15) is 0 Å². The van der Waals surface area contributed by atoms with Gasteiger partial charge < -0.3 is 19.0 Å². The summed E-state index contributed by atoms with van der Waals surface area (Å²) >= 11 is 0. The summed E-state index contributed by atoms with van der Waals surface area (Å²) in [6.07, 6.45) is 3.84. The Kier molecular flexibility index (Phi) is 9.66. The molecule has 0 saturated heterocycles. The highest BCUT2D eigenvalue weighted by Crippen LogP contribution is 2.37. The number of benzene rings is 3. The van der Waals surface area contributed by atoms with Gasteiger partial charge in [-0.1, -0.05) is 85.6 Å². The Morgan fingerprint density at radius 1 is 0.719 bits per heavy atom. The largest absolute Gasteiger partial charge is 0.497 e. The van der Waals surface area contributed by atoms with Gasteiger partial charge >= 0.3 is 8.60 Å². The van der Waals surface area contributed by atoms with Gasteiger partial charge in [0.05, 0.1) is 19.3 Å². The lowest BCUT2D eigenvalue weighted by Gasteiger charge is -2.37. The van der Waals surface area contributed by atoms with Crippen molar-refractivity contribution in [2.24, 2.45) is 0 Å². The molecule has 0 atom stereocenters. The molecule has 3 N–H and O–H groups in total. The second-order valence-electron chi connectivity index (χ2n) is 7.64. The standard InChI is InChI=1S/C26H32NO4P/c1-30-25-18-16-24(17-19-25)26(22-12-6-4-7-13-22,23-14-8-5-9-15-23)27-20-10-2-3-11-21-31-32(28)29/h4-9,12-19,27-29H,2-3,10-11,20-21H2,1H3. The van der Waals surface area contributed by atoms with Crippen LogP contribution in [-0.4, -0.2) is 30.0 Å². The molecule has 3 rings (SSSR count). The Balaban J connectivity index is 1.83. The monoisotopic (exact) mass is 453 g/mol. The number of unbranched alkanes of at least 4 members (excludes halogenated alkanes) is 3. The second kappa shape index (κ2) is 12.7. The van der Waals surface area contributed by atoms with E-state index in [1.54, 1.807) is 7.11 Å². The molecule has 0 aliphatic heterocycles. The van der Waals surface area contributed by atoms with Crippen LogP contribution in [0.1, 0.15) is 42.4 Å². The zero-order valence-corrected chi connectivity index (χ0v) is 19.4. The maximum Gasteiger partial charge on any atom is 0.327 e. The molecule has 0 amide bonds. The summed E-state index contributed by atoms with van der Waals surface area (Å²) in [4.78, 5) is 17.6. The maximum atomic E-state index is 8.82. The van der Waals surface area contributed by atoms with Crippen molar-refractivity contribution in [1.82, 2.24) is 5.32 Å². The number of hydrogen-bond acceptors (Lipinski definition) is 5. The van der Waals surface area contributed by atoms with Crippen LogP contribution in [0.4, 0.5) is 0 Å². The average molecular weight is 454 g/mol. The number of rotatable bonds is 13. The van der Waals surface area contributed by atoms with Crippen molar-refractivity contribution in [3.8, 4) is 5.75 Å². The molecular formula is C26H32NO4P. The summed E-state index contributed by atoms with van der Waals surface area (Å²) in [7, 11) is -0.563. The minimum atomic E-state index is -2.25. The maximum absolute atomic E-state index is 8.82. The average Bonchev–Trinajstić information content (AvgIpc) is 2.84. The number of hydrogen-bond donors (Lipinski definition) is 3. The molecule has 32 heavy (non-hydrogen) atoms. The zero-order chi connectivity index (χ0) is 22.7. The molecule has 0 radical (unpaired) electrons. The summed E-state index contributed by atoms with van der Waals surface area (Å²) < 4.78 is 10.2. The quantitative estimate of drug-likeness (QED) is 0.185. The molecule has 0 aromatic heterocycles. The lowest BCUT2D eigenvalue weighted by molar-refractivity contribution is 0.248. The van der Waals surface area contributed by atoms with Crippen LogP contribution in [-0.2, 0) is 10.1 Å². The van der Waals surface area contributed by atoms with Gasteiger partial charge in [-0.05, 0) is 48.2 Å². The predicted molar refractivity (Wildman–Crippen MR) is 130 cm³/mol. The fourth-order valence-electron chi connectivity index (χ4n) is 4.03. The van der Waals surface area contributed by atoms with E-state index < -0.39 is 14.1 Å². The molecule has 0 fully saturated rings. The van der Waals surface area contributed by atoms with E-state index in [-0.39, 0.29) is 0 Å².